The molecule has 0 aromatic heterocycles. The first-order valence-electron chi connectivity index (χ1n) is 12.0. The van der Waals surface area contributed by atoms with E-state index >= 15 is 0 Å². The molecule has 3 saturated heterocycles. The highest BCUT2D eigenvalue weighted by atomic mass is 79.9. The number of nitrogens with zero attached hydrogens (tertiary/aromatic N) is 2. The number of rotatable bonds is 11. The van der Waals surface area contributed by atoms with E-state index in [2.05, 4.69) is 29.1 Å². The van der Waals surface area contributed by atoms with E-state index in [4.69, 9.17) is 9.47 Å². The lowest BCUT2D eigenvalue weighted by Crippen LogP contribution is -2.60. The van der Waals surface area contributed by atoms with Crippen LogP contribution in [-0.4, -0.2) is 87.1 Å². The number of likely N-dealkylation sites (tertiary alicyclic amines) is 1. The van der Waals surface area contributed by atoms with Crippen molar-refractivity contribution in [1.82, 2.24) is 9.80 Å². The number of ether oxygens (including phenoxy) is 2. The minimum Gasteiger partial charge on any atom is -0.465 e. The number of hydrogen-bond donors (Lipinski definition) is 1. The minimum absolute atomic E-state index is 0.0000970. The van der Waals surface area contributed by atoms with Crippen molar-refractivity contribution in [2.75, 3.05) is 26.3 Å². The number of aliphatic hydroxyl groups is 1. The van der Waals surface area contributed by atoms with Crippen LogP contribution in [0, 0.1) is 11.8 Å². The fourth-order valence-electron chi connectivity index (χ4n) is 5.62. The Balaban J connectivity index is 2.02. The number of hydrogen-bond acceptors (Lipinski definition) is 6. The molecule has 3 aliphatic rings. The highest BCUT2D eigenvalue weighted by Crippen LogP contribution is 2.60. The van der Waals surface area contributed by atoms with E-state index in [0.29, 0.717) is 38.8 Å². The fraction of sp³-hybridized carbons (Fsp3) is 0.720. The van der Waals surface area contributed by atoms with Gasteiger partial charge in [-0.25, -0.2) is 0 Å². The summed E-state index contributed by atoms with van der Waals surface area (Å²) in [4.78, 5) is 44.1. The number of carbonyl (C=O) groups excluding carboxylic acids is 3. The van der Waals surface area contributed by atoms with Crippen LogP contribution < -0.4 is 0 Å². The van der Waals surface area contributed by atoms with Crippen LogP contribution in [0.15, 0.2) is 25.3 Å². The molecule has 2 bridgehead atoms. The maximum atomic E-state index is 14.1. The van der Waals surface area contributed by atoms with Crippen molar-refractivity contribution in [1.29, 1.82) is 0 Å². The summed E-state index contributed by atoms with van der Waals surface area (Å²) in [5.41, 5.74) is -1.62. The number of aliphatic hydroxyl groups excluding tert-OH is 1. The summed E-state index contributed by atoms with van der Waals surface area (Å²) in [5.74, 6) is -2.50. The van der Waals surface area contributed by atoms with Crippen molar-refractivity contribution in [2.24, 2.45) is 11.8 Å². The van der Waals surface area contributed by atoms with E-state index in [-0.39, 0.29) is 29.9 Å². The van der Waals surface area contributed by atoms with Crippen LogP contribution in [0.3, 0.4) is 0 Å². The monoisotopic (exact) mass is 540 g/mol. The zero-order chi connectivity index (χ0) is 25.3. The van der Waals surface area contributed by atoms with Gasteiger partial charge in [0.25, 0.3) is 0 Å². The van der Waals surface area contributed by atoms with Crippen LogP contribution in [0.2, 0.25) is 0 Å². The van der Waals surface area contributed by atoms with Gasteiger partial charge in [0.1, 0.15) is 11.6 Å². The van der Waals surface area contributed by atoms with Gasteiger partial charge >= 0.3 is 5.97 Å². The molecule has 1 N–H and O–H groups in total. The van der Waals surface area contributed by atoms with Gasteiger partial charge in [-0.05, 0) is 46.5 Å². The normalized spacial score (nSPS) is 32.0. The topological polar surface area (TPSA) is 96.4 Å². The summed E-state index contributed by atoms with van der Waals surface area (Å²) in [6.07, 6.45) is 4.81. The van der Waals surface area contributed by atoms with Crippen molar-refractivity contribution in [3.05, 3.63) is 25.3 Å². The smallest absolute Gasteiger partial charge is 0.312 e. The molecule has 3 aliphatic heterocycles. The highest BCUT2D eigenvalue weighted by Gasteiger charge is 2.77. The van der Waals surface area contributed by atoms with Crippen molar-refractivity contribution in [3.8, 4) is 0 Å². The molecule has 0 saturated carbocycles. The van der Waals surface area contributed by atoms with Gasteiger partial charge in [-0.1, -0.05) is 28.1 Å². The lowest BCUT2D eigenvalue weighted by molar-refractivity contribution is -0.155. The van der Waals surface area contributed by atoms with E-state index in [1.54, 1.807) is 22.0 Å². The van der Waals surface area contributed by atoms with Crippen LogP contribution in [0.5, 0.6) is 0 Å². The maximum absolute atomic E-state index is 14.1. The van der Waals surface area contributed by atoms with E-state index in [1.165, 1.54) is 0 Å². The molecule has 0 radical (unpaired) electrons. The molecular formula is C25H37BrN2O6. The van der Waals surface area contributed by atoms with Gasteiger partial charge in [0.15, 0.2) is 0 Å². The van der Waals surface area contributed by atoms with Crippen molar-refractivity contribution in [3.63, 3.8) is 0 Å². The first kappa shape index (κ1) is 26.9. The van der Waals surface area contributed by atoms with Gasteiger partial charge in [0.05, 0.1) is 24.5 Å². The molecular weight excluding hydrogens is 504 g/mol. The summed E-state index contributed by atoms with van der Waals surface area (Å²) in [6.45, 7) is 14.1. The third-order valence-corrected chi connectivity index (χ3v) is 7.90. The molecule has 0 aromatic rings. The van der Waals surface area contributed by atoms with Crippen LogP contribution in [0.25, 0.3) is 0 Å². The van der Waals surface area contributed by atoms with Crippen LogP contribution in [-0.2, 0) is 23.9 Å². The molecule has 0 aliphatic carbocycles. The fourth-order valence-corrected chi connectivity index (χ4v) is 6.57. The van der Waals surface area contributed by atoms with Gasteiger partial charge in [0.2, 0.25) is 11.8 Å². The number of fused-ring (bicyclic) bond motifs is 1. The second kappa shape index (κ2) is 10.5. The third kappa shape index (κ3) is 4.58. The molecule has 34 heavy (non-hydrogen) atoms. The van der Waals surface area contributed by atoms with Crippen molar-refractivity contribution < 1.29 is 29.0 Å². The van der Waals surface area contributed by atoms with Gasteiger partial charge < -0.3 is 24.4 Å². The Morgan fingerprint density at radius 1 is 1.32 bits per heavy atom. The Hall–Kier alpha value is -1.71. The summed E-state index contributed by atoms with van der Waals surface area (Å²) in [6, 6.07) is -0.862. The predicted molar refractivity (Wildman–Crippen MR) is 131 cm³/mol. The lowest BCUT2D eigenvalue weighted by atomic mass is 9.70. The molecule has 1 spiro atoms. The molecule has 9 heteroatoms. The van der Waals surface area contributed by atoms with Gasteiger partial charge in [-0.15, -0.1) is 13.2 Å². The molecule has 6 atom stereocenters. The van der Waals surface area contributed by atoms with Crippen LogP contribution >= 0.6 is 15.9 Å². The van der Waals surface area contributed by atoms with Crippen molar-refractivity contribution >= 4 is 33.7 Å². The molecule has 3 heterocycles. The van der Waals surface area contributed by atoms with Crippen LogP contribution in [0.1, 0.15) is 46.5 Å². The maximum Gasteiger partial charge on any atom is 0.312 e. The number of unbranched alkanes of at least 4 members (excludes halogenated alkanes) is 1. The molecule has 3 rings (SSSR count). The van der Waals surface area contributed by atoms with Gasteiger partial charge in [-0.2, -0.15) is 0 Å². The lowest BCUT2D eigenvalue weighted by Gasteiger charge is -2.42. The Labute approximate surface area is 210 Å². The number of halogens is 1. The zero-order valence-electron chi connectivity index (χ0n) is 20.4. The quantitative estimate of drug-likeness (QED) is 0.187. The number of amides is 2. The molecule has 190 valence electrons. The Bertz CT molecular complexity index is 827. The van der Waals surface area contributed by atoms with Crippen LogP contribution in [0.4, 0.5) is 0 Å². The Morgan fingerprint density at radius 3 is 2.62 bits per heavy atom. The minimum atomic E-state index is -1.11. The molecule has 2 amide bonds. The highest BCUT2D eigenvalue weighted by molar-refractivity contribution is 9.09. The number of carbonyl (C=O) groups is 3. The third-order valence-electron chi connectivity index (χ3n) is 7.06. The van der Waals surface area contributed by atoms with E-state index in [0.717, 1.165) is 0 Å². The average molecular weight is 541 g/mol. The largest absolute Gasteiger partial charge is 0.465 e. The van der Waals surface area contributed by atoms with E-state index in [1.807, 2.05) is 20.8 Å². The molecule has 3 unspecified atom stereocenters. The Morgan fingerprint density at radius 2 is 2.03 bits per heavy atom. The first-order chi connectivity index (χ1) is 16.0. The summed E-state index contributed by atoms with van der Waals surface area (Å²) in [5, 5.41) is 9.27. The van der Waals surface area contributed by atoms with Gasteiger partial charge in [-0.3, -0.25) is 14.4 Å². The molecule has 0 aromatic carbocycles. The second-order valence-corrected chi connectivity index (χ2v) is 11.5. The van der Waals surface area contributed by atoms with E-state index < -0.39 is 41.1 Å². The first-order valence-corrected chi connectivity index (χ1v) is 12.9. The molecule has 8 nitrogen and oxygen atoms in total. The zero-order valence-corrected chi connectivity index (χ0v) is 22.0. The average Bonchev–Trinajstić information content (AvgIpc) is 3.35. The Kier molecular flexibility index (Phi) is 8.30. The van der Waals surface area contributed by atoms with E-state index in [9.17, 15) is 19.5 Å². The predicted octanol–water partition coefficient (Wildman–Crippen LogP) is 2.44. The van der Waals surface area contributed by atoms with Crippen molar-refractivity contribution in [2.45, 2.75) is 74.6 Å². The standard InChI is InChI=1S/C25H37BrN2O6/c1-6-8-14-33-23(32)17-18-21(30)27(12-9-10-13-29)20(25(18)15-16(26)19(17)34-25)22(31)28(11-7-2)24(3,4)5/h6-7,16-20,29H,1-2,8-15H2,3-5H3/t16?,17-,18-,19-,20?,25?/m0/s1. The SMILES string of the molecule is C=CCCOC(=O)[C@H]1[C@H]2C(=O)N(CCCCO)C(C(=O)N(CC=C)C(C)(C)C)C23CC(Br)[C@@H]1O3. The van der Waals surface area contributed by atoms with Gasteiger partial charge in [0, 0.05) is 30.1 Å². The summed E-state index contributed by atoms with van der Waals surface area (Å²) in [7, 11) is 0. The number of alkyl halides is 1. The second-order valence-electron chi connectivity index (χ2n) is 10.3. The summed E-state index contributed by atoms with van der Waals surface area (Å²) < 4.78 is 11.9. The summed E-state index contributed by atoms with van der Waals surface area (Å²) >= 11 is 3.65. The molecule has 3 fully saturated rings. The number of esters is 1.